The highest BCUT2D eigenvalue weighted by molar-refractivity contribution is 7.71. The lowest BCUT2D eigenvalue weighted by Crippen LogP contribution is -2.00. The van der Waals surface area contributed by atoms with Crippen molar-refractivity contribution < 1.29 is 0 Å². The molecule has 86 valence electrons. The van der Waals surface area contributed by atoms with Crippen LogP contribution in [0.5, 0.6) is 0 Å². The Hall–Kier alpha value is -1.24. The maximum Gasteiger partial charge on any atom is 0.179 e. The SMILES string of the molecule is S=c1[nH]c2cc(Cl)cnc2n1Cc1cscn1. The predicted octanol–water partition coefficient (Wildman–Crippen LogP) is 3.25. The van der Waals surface area contributed by atoms with Crippen molar-refractivity contribution in [2.75, 3.05) is 0 Å². The highest BCUT2D eigenvalue weighted by Crippen LogP contribution is 2.17. The van der Waals surface area contributed by atoms with Crippen molar-refractivity contribution in [3.05, 3.63) is 38.6 Å². The first kappa shape index (κ1) is 10.9. The summed E-state index contributed by atoms with van der Waals surface area (Å²) in [5, 5.41) is 2.59. The molecule has 7 heteroatoms. The number of nitrogens with zero attached hydrogens (tertiary/aromatic N) is 3. The lowest BCUT2D eigenvalue weighted by atomic mass is 10.4. The molecule has 3 rings (SSSR count). The van der Waals surface area contributed by atoms with Gasteiger partial charge in [-0.15, -0.1) is 11.3 Å². The number of aromatic nitrogens is 4. The van der Waals surface area contributed by atoms with Gasteiger partial charge in [-0.2, -0.15) is 0 Å². The predicted molar refractivity (Wildman–Crippen MR) is 71.1 cm³/mol. The normalized spacial score (nSPS) is 11.1. The summed E-state index contributed by atoms with van der Waals surface area (Å²) < 4.78 is 2.54. The van der Waals surface area contributed by atoms with Crippen molar-refractivity contribution in [3.8, 4) is 0 Å². The Bertz CT molecular complexity index is 714. The standard InChI is InChI=1S/C10H7ClN4S2/c11-6-1-8-9(12-2-6)15(10(16)14-8)3-7-4-17-5-13-7/h1-2,4-5H,3H2,(H,14,16). The van der Waals surface area contributed by atoms with Crippen molar-refractivity contribution in [2.45, 2.75) is 6.54 Å². The molecule has 0 bridgehead atoms. The average molecular weight is 283 g/mol. The van der Waals surface area contributed by atoms with Gasteiger partial charge in [-0.1, -0.05) is 11.6 Å². The van der Waals surface area contributed by atoms with Gasteiger partial charge in [0.2, 0.25) is 0 Å². The van der Waals surface area contributed by atoms with Crippen LogP contribution in [0.15, 0.2) is 23.2 Å². The quantitative estimate of drug-likeness (QED) is 0.734. The molecule has 3 heterocycles. The highest BCUT2D eigenvalue weighted by atomic mass is 35.5. The smallest absolute Gasteiger partial charge is 0.179 e. The first-order chi connectivity index (χ1) is 8.24. The Morgan fingerprint density at radius 2 is 2.35 bits per heavy atom. The fraction of sp³-hybridized carbons (Fsp3) is 0.100. The van der Waals surface area contributed by atoms with Crippen LogP contribution in [0, 0.1) is 4.77 Å². The fourth-order valence-corrected chi connectivity index (χ4v) is 2.61. The molecule has 0 fully saturated rings. The molecule has 3 aromatic rings. The van der Waals surface area contributed by atoms with E-state index in [4.69, 9.17) is 23.8 Å². The third-order valence-electron chi connectivity index (χ3n) is 2.38. The number of aromatic amines is 1. The molecule has 3 aromatic heterocycles. The van der Waals surface area contributed by atoms with E-state index in [1.165, 1.54) is 0 Å². The van der Waals surface area contributed by atoms with Gasteiger partial charge in [0.1, 0.15) is 0 Å². The molecule has 0 saturated carbocycles. The van der Waals surface area contributed by atoms with Crippen molar-refractivity contribution in [3.63, 3.8) is 0 Å². The minimum absolute atomic E-state index is 0.592. The summed E-state index contributed by atoms with van der Waals surface area (Å²) in [6.45, 7) is 0.622. The summed E-state index contributed by atoms with van der Waals surface area (Å²) in [6.07, 6.45) is 1.62. The molecule has 0 aliphatic heterocycles. The number of rotatable bonds is 2. The lowest BCUT2D eigenvalue weighted by molar-refractivity contribution is 0.782. The Balaban J connectivity index is 2.16. The topological polar surface area (TPSA) is 46.5 Å². The second-order valence-corrected chi connectivity index (χ2v) is 5.06. The second-order valence-electron chi connectivity index (χ2n) is 3.52. The zero-order valence-corrected chi connectivity index (χ0v) is 10.9. The van der Waals surface area contributed by atoms with E-state index in [9.17, 15) is 0 Å². The number of fused-ring (bicyclic) bond motifs is 1. The summed E-state index contributed by atoms with van der Waals surface area (Å²) in [4.78, 5) is 11.6. The molecule has 1 N–H and O–H groups in total. The Morgan fingerprint density at radius 3 is 3.12 bits per heavy atom. The number of hydrogen-bond donors (Lipinski definition) is 1. The maximum absolute atomic E-state index is 5.89. The van der Waals surface area contributed by atoms with E-state index in [1.54, 1.807) is 23.0 Å². The van der Waals surface area contributed by atoms with Crippen molar-refractivity contribution >= 4 is 46.3 Å². The van der Waals surface area contributed by atoms with Crippen molar-refractivity contribution in [1.29, 1.82) is 0 Å². The van der Waals surface area contributed by atoms with E-state index in [0.29, 0.717) is 16.3 Å². The van der Waals surface area contributed by atoms with Gasteiger partial charge in [-0.05, 0) is 18.3 Å². The monoisotopic (exact) mass is 282 g/mol. The van der Waals surface area contributed by atoms with E-state index in [-0.39, 0.29) is 0 Å². The molecule has 0 spiro atoms. The number of imidazole rings is 1. The summed E-state index contributed by atoms with van der Waals surface area (Å²) in [5.41, 5.74) is 4.42. The zero-order valence-electron chi connectivity index (χ0n) is 8.55. The van der Waals surface area contributed by atoms with Gasteiger partial charge >= 0.3 is 0 Å². The van der Waals surface area contributed by atoms with E-state index in [0.717, 1.165) is 16.9 Å². The molecule has 0 aromatic carbocycles. The van der Waals surface area contributed by atoms with Crippen LogP contribution in [-0.2, 0) is 6.54 Å². The van der Waals surface area contributed by atoms with E-state index in [2.05, 4.69) is 15.0 Å². The molecule has 0 radical (unpaired) electrons. The molecular formula is C10H7ClN4S2. The number of H-pyrrole nitrogens is 1. The third kappa shape index (κ3) is 1.99. The molecular weight excluding hydrogens is 276 g/mol. The van der Waals surface area contributed by atoms with E-state index >= 15 is 0 Å². The Morgan fingerprint density at radius 1 is 1.47 bits per heavy atom. The van der Waals surface area contributed by atoms with Crippen molar-refractivity contribution in [1.82, 2.24) is 19.5 Å². The largest absolute Gasteiger partial charge is 0.329 e. The summed E-state index contributed by atoms with van der Waals surface area (Å²) in [7, 11) is 0. The molecule has 0 amide bonds. The van der Waals surface area contributed by atoms with Gasteiger partial charge in [0.25, 0.3) is 0 Å². The zero-order chi connectivity index (χ0) is 11.8. The van der Waals surface area contributed by atoms with Crippen LogP contribution < -0.4 is 0 Å². The number of nitrogens with one attached hydrogen (secondary N) is 1. The molecule has 4 nitrogen and oxygen atoms in total. The van der Waals surface area contributed by atoms with Crippen LogP contribution >= 0.6 is 35.2 Å². The lowest BCUT2D eigenvalue weighted by Gasteiger charge is -2.00. The fourth-order valence-electron chi connectivity index (χ4n) is 1.64. The first-order valence-corrected chi connectivity index (χ1v) is 6.58. The first-order valence-electron chi connectivity index (χ1n) is 4.85. The van der Waals surface area contributed by atoms with Gasteiger partial charge in [0.15, 0.2) is 10.4 Å². The molecule has 17 heavy (non-hydrogen) atoms. The van der Waals surface area contributed by atoms with Crippen LogP contribution in [0.3, 0.4) is 0 Å². The number of halogens is 1. The van der Waals surface area contributed by atoms with Gasteiger partial charge in [0.05, 0.1) is 28.3 Å². The van der Waals surface area contributed by atoms with Crippen LogP contribution in [-0.4, -0.2) is 19.5 Å². The van der Waals surface area contributed by atoms with Gasteiger partial charge in [-0.25, -0.2) is 9.97 Å². The highest BCUT2D eigenvalue weighted by Gasteiger charge is 2.07. The molecule has 0 unspecified atom stereocenters. The number of hydrogen-bond acceptors (Lipinski definition) is 4. The second kappa shape index (κ2) is 4.21. The minimum atomic E-state index is 0.592. The van der Waals surface area contributed by atoms with Crippen LogP contribution in [0.25, 0.3) is 11.2 Å². The average Bonchev–Trinajstić information content (AvgIpc) is 2.88. The summed E-state index contributed by atoms with van der Waals surface area (Å²) >= 11 is 12.7. The number of thiazole rings is 1. The molecule has 0 aliphatic carbocycles. The molecule has 0 saturated heterocycles. The van der Waals surface area contributed by atoms with Gasteiger partial charge < -0.3 is 4.98 Å². The van der Waals surface area contributed by atoms with Crippen LogP contribution in [0.4, 0.5) is 0 Å². The van der Waals surface area contributed by atoms with E-state index < -0.39 is 0 Å². The van der Waals surface area contributed by atoms with Gasteiger partial charge in [0, 0.05) is 11.6 Å². The Labute approximate surface area is 111 Å². The van der Waals surface area contributed by atoms with Crippen LogP contribution in [0.2, 0.25) is 5.02 Å². The summed E-state index contributed by atoms with van der Waals surface area (Å²) in [6, 6.07) is 1.82. The van der Waals surface area contributed by atoms with E-state index in [1.807, 2.05) is 16.0 Å². The molecule has 0 aliphatic rings. The summed E-state index contributed by atoms with van der Waals surface area (Å²) in [5.74, 6) is 0. The number of pyridine rings is 1. The Kier molecular flexibility index (Phi) is 2.70. The van der Waals surface area contributed by atoms with Gasteiger partial charge in [-0.3, -0.25) is 4.57 Å². The third-order valence-corrected chi connectivity index (χ3v) is 3.54. The minimum Gasteiger partial charge on any atom is -0.329 e. The maximum atomic E-state index is 5.89. The van der Waals surface area contributed by atoms with Crippen LogP contribution in [0.1, 0.15) is 5.69 Å². The van der Waals surface area contributed by atoms with Crippen molar-refractivity contribution in [2.24, 2.45) is 0 Å². The molecule has 0 atom stereocenters.